The van der Waals surface area contributed by atoms with Gasteiger partial charge < -0.3 is 29.6 Å². The van der Waals surface area contributed by atoms with Crippen molar-refractivity contribution in [2.45, 2.75) is 46.1 Å². The van der Waals surface area contributed by atoms with E-state index in [9.17, 15) is 19.2 Å². The van der Waals surface area contributed by atoms with Gasteiger partial charge in [0, 0.05) is 29.4 Å². The lowest BCUT2D eigenvalue weighted by Crippen LogP contribution is -2.41. The van der Waals surface area contributed by atoms with E-state index in [2.05, 4.69) is 15.6 Å². The number of pyridine rings is 1. The minimum absolute atomic E-state index is 0.0277. The molecule has 0 aliphatic rings. The summed E-state index contributed by atoms with van der Waals surface area (Å²) in [6, 6.07) is 27.5. The highest BCUT2D eigenvalue weighted by Crippen LogP contribution is 2.33. The van der Waals surface area contributed by atoms with E-state index in [-0.39, 0.29) is 35.8 Å². The van der Waals surface area contributed by atoms with Gasteiger partial charge in [0.2, 0.25) is 0 Å². The molecule has 0 saturated carbocycles. The summed E-state index contributed by atoms with van der Waals surface area (Å²) in [6.07, 6.45) is -0.0634. The van der Waals surface area contributed by atoms with Crippen molar-refractivity contribution in [2.24, 2.45) is 0 Å². The average Bonchev–Trinajstić information content (AvgIpc) is 3.43. The summed E-state index contributed by atoms with van der Waals surface area (Å²) in [5, 5.41) is 5.72. The molecule has 14 heteroatoms. The standard InChI is InChI=1S/C41H38FN5O8/c1-25(54-40(50)26(2)44-41(51)53-24-28-11-7-5-8-12-28)23-46-27(3)37(39(49)47(46)30-13-9-6-10-14-30)38(48)45-29-15-18-36(33(42)21-29)55-35-19-20-43-34-22-31(52-4)16-17-32(34)35/h5-22,25-26H,23-24H2,1-4H3,(H,44,51)(H,45,48)/t25-,26+/m1/s1. The Morgan fingerprint density at radius 1 is 0.891 bits per heavy atom. The van der Waals surface area contributed by atoms with Gasteiger partial charge in [-0.2, -0.15) is 0 Å². The smallest absolute Gasteiger partial charge is 0.408 e. The fourth-order valence-corrected chi connectivity index (χ4v) is 5.83. The van der Waals surface area contributed by atoms with Crippen LogP contribution in [0.15, 0.2) is 114 Å². The number of anilines is 1. The molecule has 0 radical (unpaired) electrons. The Hall–Kier alpha value is -6.96. The first-order chi connectivity index (χ1) is 26.5. The third kappa shape index (κ3) is 8.82. The molecule has 2 amide bonds. The van der Waals surface area contributed by atoms with Gasteiger partial charge in [-0.1, -0.05) is 48.5 Å². The Kier molecular flexibility index (Phi) is 11.5. The zero-order chi connectivity index (χ0) is 39.1. The van der Waals surface area contributed by atoms with Crippen LogP contribution < -0.4 is 25.7 Å². The van der Waals surface area contributed by atoms with Gasteiger partial charge in [-0.05, 0) is 68.8 Å². The highest BCUT2D eigenvalue weighted by atomic mass is 19.1. The molecule has 2 atom stereocenters. The van der Waals surface area contributed by atoms with Crippen LogP contribution in [0.2, 0.25) is 0 Å². The molecule has 2 aromatic heterocycles. The monoisotopic (exact) mass is 747 g/mol. The summed E-state index contributed by atoms with van der Waals surface area (Å²) in [4.78, 5) is 57.2. The molecular formula is C41H38FN5O8. The Labute approximate surface area is 315 Å². The molecule has 13 nitrogen and oxygen atoms in total. The Morgan fingerprint density at radius 2 is 1.62 bits per heavy atom. The number of carbonyl (C=O) groups is 3. The van der Waals surface area contributed by atoms with Gasteiger partial charge in [-0.15, -0.1) is 0 Å². The predicted octanol–water partition coefficient (Wildman–Crippen LogP) is 6.93. The summed E-state index contributed by atoms with van der Waals surface area (Å²) in [7, 11) is 1.55. The van der Waals surface area contributed by atoms with E-state index < -0.39 is 41.5 Å². The van der Waals surface area contributed by atoms with E-state index in [1.165, 1.54) is 34.6 Å². The fraction of sp³-hybridized carbons (Fsp3) is 0.195. The predicted molar refractivity (Wildman–Crippen MR) is 202 cm³/mol. The number of benzene rings is 4. The first kappa shape index (κ1) is 37.8. The number of amides is 2. The number of alkyl carbamates (subject to hydrolysis) is 1. The molecule has 2 N–H and O–H groups in total. The van der Waals surface area contributed by atoms with Gasteiger partial charge in [0.05, 0.1) is 30.6 Å². The topological polar surface area (TPSA) is 152 Å². The number of hydrogen-bond acceptors (Lipinski definition) is 9. The molecule has 6 rings (SSSR count). The maximum Gasteiger partial charge on any atom is 0.408 e. The van der Waals surface area contributed by atoms with Crippen molar-refractivity contribution in [1.29, 1.82) is 0 Å². The average molecular weight is 748 g/mol. The number of hydrogen-bond donors (Lipinski definition) is 2. The van der Waals surface area contributed by atoms with Crippen LogP contribution in [0.4, 0.5) is 14.9 Å². The molecule has 0 fully saturated rings. The van der Waals surface area contributed by atoms with Crippen molar-refractivity contribution in [1.82, 2.24) is 19.7 Å². The number of rotatable bonds is 13. The lowest BCUT2D eigenvalue weighted by molar-refractivity contribution is -0.151. The van der Waals surface area contributed by atoms with E-state index in [0.29, 0.717) is 28.1 Å². The quantitative estimate of drug-likeness (QED) is 0.120. The maximum absolute atomic E-state index is 15.4. The second kappa shape index (κ2) is 16.8. The normalized spacial score (nSPS) is 12.0. The Morgan fingerprint density at radius 3 is 2.33 bits per heavy atom. The van der Waals surface area contributed by atoms with Gasteiger partial charge >= 0.3 is 12.1 Å². The number of aromatic nitrogens is 3. The third-order valence-electron chi connectivity index (χ3n) is 8.59. The SMILES string of the molecule is COc1ccc2c(Oc3ccc(NC(=O)c4c(C)n(C[C@@H](C)OC(=O)[C@H](C)NC(=O)OCc5ccccc5)n(-c5ccccc5)c4=O)cc3F)ccnc2c1. The van der Waals surface area contributed by atoms with Crippen LogP contribution in [0, 0.1) is 12.7 Å². The molecule has 4 aromatic carbocycles. The van der Waals surface area contributed by atoms with Crippen molar-refractivity contribution in [2.75, 3.05) is 12.4 Å². The van der Waals surface area contributed by atoms with Crippen molar-refractivity contribution in [3.63, 3.8) is 0 Å². The summed E-state index contributed by atoms with van der Waals surface area (Å²) in [5.74, 6) is -1.37. The van der Waals surface area contributed by atoms with Crippen LogP contribution in [-0.2, 0) is 27.4 Å². The van der Waals surface area contributed by atoms with E-state index in [4.69, 9.17) is 18.9 Å². The van der Waals surface area contributed by atoms with Crippen LogP contribution in [0.3, 0.4) is 0 Å². The lowest BCUT2D eigenvalue weighted by atomic mass is 10.2. The number of halogens is 1. The third-order valence-corrected chi connectivity index (χ3v) is 8.59. The van der Waals surface area contributed by atoms with E-state index in [0.717, 1.165) is 11.6 Å². The minimum Gasteiger partial charge on any atom is -0.497 e. The number of ether oxygens (including phenoxy) is 4. The number of para-hydroxylation sites is 1. The highest BCUT2D eigenvalue weighted by Gasteiger charge is 2.27. The van der Waals surface area contributed by atoms with Crippen LogP contribution in [0.1, 0.15) is 35.5 Å². The molecule has 55 heavy (non-hydrogen) atoms. The van der Waals surface area contributed by atoms with Gasteiger partial charge in [0.1, 0.15) is 35.8 Å². The van der Waals surface area contributed by atoms with Crippen molar-refractivity contribution < 1.29 is 37.7 Å². The Bertz CT molecular complexity index is 2400. The number of nitrogens with zero attached hydrogens (tertiary/aromatic N) is 3. The first-order valence-electron chi connectivity index (χ1n) is 17.3. The van der Waals surface area contributed by atoms with Crippen molar-refractivity contribution in [3.8, 4) is 22.9 Å². The fourth-order valence-electron chi connectivity index (χ4n) is 5.83. The number of nitrogens with one attached hydrogen (secondary N) is 2. The van der Waals surface area contributed by atoms with Crippen LogP contribution >= 0.6 is 0 Å². The molecule has 0 bridgehead atoms. The van der Waals surface area contributed by atoms with Gasteiger partial charge in [0.25, 0.3) is 11.5 Å². The summed E-state index contributed by atoms with van der Waals surface area (Å²) < 4.78 is 40.2. The summed E-state index contributed by atoms with van der Waals surface area (Å²) in [6.45, 7) is 4.66. The molecule has 0 spiro atoms. The number of fused-ring (bicyclic) bond motifs is 1. The molecule has 0 aliphatic heterocycles. The summed E-state index contributed by atoms with van der Waals surface area (Å²) in [5.41, 5.74) is 1.36. The van der Waals surface area contributed by atoms with Crippen molar-refractivity contribution >= 4 is 34.6 Å². The number of esters is 1. The molecule has 2 heterocycles. The molecule has 6 aromatic rings. The van der Waals surface area contributed by atoms with Gasteiger partial charge in [0.15, 0.2) is 11.6 Å². The first-order valence-corrected chi connectivity index (χ1v) is 17.3. The maximum atomic E-state index is 15.4. The van der Waals surface area contributed by atoms with Gasteiger partial charge in [-0.25, -0.2) is 18.7 Å². The molecular weight excluding hydrogens is 709 g/mol. The summed E-state index contributed by atoms with van der Waals surface area (Å²) >= 11 is 0. The van der Waals surface area contributed by atoms with Crippen LogP contribution in [-0.4, -0.2) is 51.6 Å². The zero-order valence-corrected chi connectivity index (χ0v) is 30.4. The van der Waals surface area contributed by atoms with Gasteiger partial charge in [-0.3, -0.25) is 19.3 Å². The Balaban J connectivity index is 1.16. The van der Waals surface area contributed by atoms with Crippen LogP contribution in [0.5, 0.6) is 17.2 Å². The highest BCUT2D eigenvalue weighted by molar-refractivity contribution is 6.05. The second-order valence-corrected chi connectivity index (χ2v) is 12.6. The largest absolute Gasteiger partial charge is 0.497 e. The van der Waals surface area contributed by atoms with E-state index >= 15 is 4.39 Å². The minimum atomic E-state index is -1.04. The van der Waals surface area contributed by atoms with Crippen molar-refractivity contribution in [3.05, 3.63) is 142 Å². The second-order valence-electron chi connectivity index (χ2n) is 12.6. The lowest BCUT2D eigenvalue weighted by Gasteiger charge is -2.21. The number of carbonyl (C=O) groups excluding carboxylic acids is 3. The number of methoxy groups -OCH3 is 1. The molecule has 0 aliphatic carbocycles. The van der Waals surface area contributed by atoms with E-state index in [1.807, 2.05) is 18.2 Å². The molecule has 0 saturated heterocycles. The zero-order valence-electron chi connectivity index (χ0n) is 30.4. The molecule has 282 valence electrons. The van der Waals surface area contributed by atoms with E-state index in [1.54, 1.807) is 87.7 Å². The van der Waals surface area contributed by atoms with Crippen LogP contribution in [0.25, 0.3) is 16.6 Å². The molecule has 0 unspecified atom stereocenters.